The highest BCUT2D eigenvalue weighted by molar-refractivity contribution is 5.61. The topological polar surface area (TPSA) is 6.48 Å². The maximum Gasteiger partial charge on any atom is 0.108 e. The van der Waals surface area contributed by atoms with E-state index in [2.05, 4.69) is 99.0 Å². The largest absolute Gasteiger partial charge is 0.328 e. The van der Waals surface area contributed by atoms with Crippen LogP contribution in [0, 0.1) is 13.8 Å². The Morgan fingerprint density at radius 2 is 1.26 bits per heavy atom. The van der Waals surface area contributed by atoms with E-state index in [0.29, 0.717) is 0 Å². The number of nitrogens with zero attached hydrogens (tertiary/aromatic N) is 2. The summed E-state index contributed by atoms with van der Waals surface area (Å²) in [6.07, 6.45) is 2.21. The summed E-state index contributed by atoms with van der Waals surface area (Å²) in [5.74, 6) is 1.23. The van der Waals surface area contributed by atoms with Gasteiger partial charge < -0.3 is 9.80 Å². The van der Waals surface area contributed by atoms with Gasteiger partial charge in [-0.2, -0.15) is 0 Å². The van der Waals surface area contributed by atoms with Crippen LogP contribution in [0.3, 0.4) is 0 Å². The van der Waals surface area contributed by atoms with Crippen LogP contribution < -0.4 is 9.80 Å². The Balaban J connectivity index is 2.43. The fourth-order valence-corrected chi connectivity index (χ4v) is 3.00. The fraction of sp³-hybridized carbons (Fsp3) is 0.333. The molecule has 0 saturated carbocycles. The molecular formula is C21H28N2. The lowest BCUT2D eigenvalue weighted by Crippen LogP contribution is -2.35. The lowest BCUT2D eigenvalue weighted by atomic mass is 10.2. The average Bonchev–Trinajstić information content (AvgIpc) is 2.55. The molecule has 0 aromatic heterocycles. The molecule has 0 bridgehead atoms. The summed E-state index contributed by atoms with van der Waals surface area (Å²) in [5.41, 5.74) is 5.06. The van der Waals surface area contributed by atoms with Crippen molar-refractivity contribution in [3.63, 3.8) is 0 Å². The second kappa shape index (κ2) is 7.87. The minimum Gasteiger partial charge on any atom is -0.328 e. The van der Waals surface area contributed by atoms with E-state index in [-0.39, 0.29) is 0 Å². The van der Waals surface area contributed by atoms with Crippen molar-refractivity contribution in [2.24, 2.45) is 0 Å². The van der Waals surface area contributed by atoms with Crippen molar-refractivity contribution in [1.29, 1.82) is 0 Å². The third kappa shape index (κ3) is 3.95. The van der Waals surface area contributed by atoms with Crippen LogP contribution in [0.4, 0.5) is 11.4 Å². The number of hydrogen-bond acceptors (Lipinski definition) is 2. The molecule has 0 N–H and O–H groups in total. The zero-order valence-electron chi connectivity index (χ0n) is 15.0. The Labute approximate surface area is 141 Å². The average molecular weight is 308 g/mol. The van der Waals surface area contributed by atoms with Crippen molar-refractivity contribution in [2.45, 2.75) is 34.6 Å². The third-order valence-corrected chi connectivity index (χ3v) is 4.07. The van der Waals surface area contributed by atoms with Gasteiger partial charge in [0.25, 0.3) is 0 Å². The maximum absolute atomic E-state index is 2.37. The van der Waals surface area contributed by atoms with Crippen molar-refractivity contribution < 1.29 is 0 Å². The van der Waals surface area contributed by atoms with Gasteiger partial charge in [-0.25, -0.2) is 0 Å². The second-order valence-electron chi connectivity index (χ2n) is 5.81. The zero-order chi connectivity index (χ0) is 16.8. The summed E-state index contributed by atoms with van der Waals surface area (Å²) in [5, 5.41) is 0. The fourth-order valence-electron chi connectivity index (χ4n) is 3.00. The summed E-state index contributed by atoms with van der Waals surface area (Å²) in [7, 11) is 0. The lowest BCUT2D eigenvalue weighted by molar-refractivity contribution is 0.845. The number of hydrogen-bond donors (Lipinski definition) is 0. The summed E-state index contributed by atoms with van der Waals surface area (Å²) < 4.78 is 0. The molecular weight excluding hydrogens is 280 g/mol. The number of allylic oxidation sites excluding steroid dienone is 1. The quantitative estimate of drug-likeness (QED) is 0.693. The molecule has 0 aliphatic rings. The summed E-state index contributed by atoms with van der Waals surface area (Å²) in [6.45, 7) is 12.7. The summed E-state index contributed by atoms with van der Waals surface area (Å²) in [6, 6.07) is 17.4. The van der Waals surface area contributed by atoms with E-state index >= 15 is 0 Å². The van der Waals surface area contributed by atoms with Crippen molar-refractivity contribution in [3.05, 3.63) is 71.6 Å². The molecule has 0 spiro atoms. The first-order valence-corrected chi connectivity index (χ1v) is 8.45. The lowest BCUT2D eigenvalue weighted by Gasteiger charge is -2.35. The SMILES string of the molecule is CC=C(N(CC)c1cccc(C)c1)N(CC)c1cccc(C)c1. The van der Waals surface area contributed by atoms with Gasteiger partial charge in [0.1, 0.15) is 5.82 Å². The second-order valence-corrected chi connectivity index (χ2v) is 5.81. The predicted octanol–water partition coefficient (Wildman–Crippen LogP) is 5.52. The summed E-state index contributed by atoms with van der Waals surface area (Å²) in [4.78, 5) is 4.75. The van der Waals surface area contributed by atoms with Crippen LogP contribution in [0.1, 0.15) is 31.9 Å². The first kappa shape index (κ1) is 17.1. The van der Waals surface area contributed by atoms with Crippen LogP contribution in [-0.2, 0) is 0 Å². The molecule has 0 saturated heterocycles. The molecule has 0 radical (unpaired) electrons. The normalized spacial score (nSPS) is 10.3. The van der Waals surface area contributed by atoms with E-state index in [0.717, 1.165) is 13.1 Å². The maximum atomic E-state index is 2.37. The van der Waals surface area contributed by atoms with Crippen LogP contribution >= 0.6 is 0 Å². The van der Waals surface area contributed by atoms with Gasteiger partial charge in [0.05, 0.1) is 0 Å². The predicted molar refractivity (Wildman–Crippen MR) is 102 cm³/mol. The Hall–Kier alpha value is -2.22. The van der Waals surface area contributed by atoms with Gasteiger partial charge in [-0.15, -0.1) is 0 Å². The van der Waals surface area contributed by atoms with Gasteiger partial charge in [-0.3, -0.25) is 0 Å². The first-order chi connectivity index (χ1) is 11.1. The minimum atomic E-state index is 0.936. The third-order valence-electron chi connectivity index (χ3n) is 4.07. The van der Waals surface area contributed by atoms with Crippen LogP contribution in [-0.4, -0.2) is 13.1 Å². The molecule has 0 amide bonds. The number of rotatable bonds is 6. The van der Waals surface area contributed by atoms with Gasteiger partial charge in [-0.1, -0.05) is 24.3 Å². The van der Waals surface area contributed by atoms with Crippen LogP contribution in [0.25, 0.3) is 0 Å². The van der Waals surface area contributed by atoms with Crippen molar-refractivity contribution in [3.8, 4) is 0 Å². The standard InChI is InChI=1S/C21H28N2/c1-6-21(22(7-2)19-13-9-11-17(4)15-19)23(8-3)20-14-10-12-18(5)16-20/h6,9-16H,7-8H2,1-5H3. The number of benzene rings is 2. The van der Waals surface area contributed by atoms with Gasteiger partial charge in [0.15, 0.2) is 0 Å². The minimum absolute atomic E-state index is 0.936. The monoisotopic (exact) mass is 308 g/mol. The molecule has 0 heterocycles. The summed E-state index contributed by atoms with van der Waals surface area (Å²) >= 11 is 0. The Kier molecular flexibility index (Phi) is 5.86. The molecule has 0 aliphatic carbocycles. The highest BCUT2D eigenvalue weighted by Crippen LogP contribution is 2.27. The molecule has 0 aliphatic heterocycles. The van der Waals surface area contributed by atoms with E-state index in [4.69, 9.17) is 0 Å². The van der Waals surface area contributed by atoms with Gasteiger partial charge in [0, 0.05) is 24.5 Å². The number of aryl methyl sites for hydroxylation is 2. The molecule has 23 heavy (non-hydrogen) atoms. The molecule has 0 unspecified atom stereocenters. The van der Waals surface area contributed by atoms with Crippen molar-refractivity contribution >= 4 is 11.4 Å². The molecule has 2 nitrogen and oxygen atoms in total. The Morgan fingerprint density at radius 1 is 0.826 bits per heavy atom. The van der Waals surface area contributed by atoms with Crippen molar-refractivity contribution in [2.75, 3.05) is 22.9 Å². The molecule has 0 atom stereocenters. The highest BCUT2D eigenvalue weighted by Gasteiger charge is 2.17. The number of anilines is 2. The molecule has 2 heteroatoms. The smallest absolute Gasteiger partial charge is 0.108 e. The molecule has 122 valence electrons. The van der Waals surface area contributed by atoms with Crippen LogP contribution in [0.2, 0.25) is 0 Å². The molecule has 2 rings (SSSR count). The van der Waals surface area contributed by atoms with Crippen LogP contribution in [0.5, 0.6) is 0 Å². The molecule has 2 aromatic rings. The molecule has 0 fully saturated rings. The van der Waals surface area contributed by atoms with E-state index in [9.17, 15) is 0 Å². The zero-order valence-corrected chi connectivity index (χ0v) is 15.0. The van der Waals surface area contributed by atoms with Crippen molar-refractivity contribution in [1.82, 2.24) is 0 Å². The highest BCUT2D eigenvalue weighted by atomic mass is 15.3. The first-order valence-electron chi connectivity index (χ1n) is 8.45. The molecule has 2 aromatic carbocycles. The van der Waals surface area contributed by atoms with E-state index in [1.165, 1.54) is 28.3 Å². The van der Waals surface area contributed by atoms with Gasteiger partial charge in [0.2, 0.25) is 0 Å². The Morgan fingerprint density at radius 3 is 1.57 bits per heavy atom. The van der Waals surface area contributed by atoms with Gasteiger partial charge >= 0.3 is 0 Å². The van der Waals surface area contributed by atoms with Crippen LogP contribution in [0.15, 0.2) is 60.4 Å². The van der Waals surface area contributed by atoms with Gasteiger partial charge in [-0.05, 0) is 76.1 Å². The van der Waals surface area contributed by atoms with E-state index in [1.807, 2.05) is 0 Å². The Bertz CT molecular complexity index is 618. The van der Waals surface area contributed by atoms with E-state index in [1.54, 1.807) is 0 Å². The van der Waals surface area contributed by atoms with E-state index < -0.39 is 0 Å².